The molecule has 50 valence electrons. The largest absolute Gasteiger partial charge is 0.389 e. The van der Waals surface area contributed by atoms with Crippen molar-refractivity contribution in [1.29, 1.82) is 0 Å². The molecule has 0 saturated heterocycles. The molecule has 0 unspecified atom stereocenters. The normalized spacial score (nSPS) is 12.0. The number of halogens is 4. The number of hydrogen-bond acceptors (Lipinski definition) is 1. The van der Waals surface area contributed by atoms with Crippen LogP contribution in [0.25, 0.3) is 0 Å². The summed E-state index contributed by atoms with van der Waals surface area (Å²) in [6, 6.07) is 0. The molecule has 0 aliphatic heterocycles. The molecule has 0 radical (unpaired) electrons. The van der Waals surface area contributed by atoms with E-state index in [9.17, 15) is 13.2 Å². The summed E-state index contributed by atoms with van der Waals surface area (Å²) in [5.74, 6) is 0.157. The van der Waals surface area contributed by atoms with E-state index >= 15 is 0 Å². The number of hydrogen-bond donors (Lipinski definition) is 0. The predicted molar refractivity (Wildman–Crippen MR) is 37.2 cm³/mol. The second kappa shape index (κ2) is 3.81. The Morgan fingerprint density at radius 1 is 1.38 bits per heavy atom. The van der Waals surface area contributed by atoms with Crippen molar-refractivity contribution in [2.45, 2.75) is 12.6 Å². The fraction of sp³-hybridized carbons (Fsp3) is 1.00. The van der Waals surface area contributed by atoms with E-state index in [0.717, 1.165) is 0 Å². The molecule has 0 aliphatic carbocycles. The van der Waals surface area contributed by atoms with Gasteiger partial charge in [-0.15, -0.1) is 0 Å². The van der Waals surface area contributed by atoms with E-state index in [1.807, 2.05) is 21.2 Å². The maximum atomic E-state index is 11.2. The summed E-state index contributed by atoms with van der Waals surface area (Å²) < 4.78 is 33.7. The van der Waals surface area contributed by atoms with E-state index in [1.54, 1.807) is 0 Å². The Hall–Kier alpha value is 0.870. The molecule has 5 heteroatoms. The zero-order chi connectivity index (χ0) is 6.62. The van der Waals surface area contributed by atoms with Gasteiger partial charge in [0.2, 0.25) is 0 Å². The molecule has 0 bridgehead atoms. The Labute approximate surface area is 61.8 Å². The van der Waals surface area contributed by atoms with Gasteiger partial charge < -0.3 is 0 Å². The predicted octanol–water partition coefficient (Wildman–Crippen LogP) is 3.02. The van der Waals surface area contributed by atoms with E-state index in [0.29, 0.717) is 0 Å². The van der Waals surface area contributed by atoms with Crippen LogP contribution in [0.2, 0.25) is 0 Å². The molecule has 0 aromatic rings. The lowest BCUT2D eigenvalue weighted by Crippen LogP contribution is -2.07. The van der Waals surface area contributed by atoms with E-state index in [1.165, 1.54) is 8.93 Å². The molecule has 0 aromatic heterocycles. The average molecular weight is 256 g/mol. The van der Waals surface area contributed by atoms with Crippen molar-refractivity contribution in [2.24, 2.45) is 0 Å². The third-order valence-electron chi connectivity index (χ3n) is 0.463. The molecule has 0 N–H and O–H groups in total. The molecule has 0 nitrogen and oxygen atoms in total. The van der Waals surface area contributed by atoms with Crippen molar-refractivity contribution < 1.29 is 13.2 Å². The molecule has 0 amide bonds. The zero-order valence-electron chi connectivity index (χ0n) is 3.83. The van der Waals surface area contributed by atoms with Gasteiger partial charge in [-0.25, -0.2) is 0 Å². The van der Waals surface area contributed by atoms with Crippen molar-refractivity contribution in [3.05, 3.63) is 0 Å². The molecular formula is C3H4F3IS. The maximum Gasteiger partial charge on any atom is 0.389 e. The third kappa shape index (κ3) is 6.87. The number of rotatable bonds is 2. The van der Waals surface area contributed by atoms with E-state index < -0.39 is 12.6 Å². The fourth-order valence-electron chi connectivity index (χ4n) is 0.154. The van der Waals surface area contributed by atoms with Crippen LogP contribution < -0.4 is 0 Å². The Balaban J connectivity index is 3.11. The van der Waals surface area contributed by atoms with E-state index in [-0.39, 0.29) is 5.75 Å². The highest BCUT2D eigenvalue weighted by atomic mass is 127. The van der Waals surface area contributed by atoms with Crippen LogP contribution in [-0.2, 0) is 0 Å². The van der Waals surface area contributed by atoms with Gasteiger partial charge in [-0.2, -0.15) is 13.2 Å². The smallest absolute Gasteiger partial charge is 0.171 e. The van der Waals surface area contributed by atoms with Gasteiger partial charge in [0.1, 0.15) is 0 Å². The molecule has 0 saturated carbocycles. The summed E-state index contributed by atoms with van der Waals surface area (Å²) >= 11 is 1.84. The third-order valence-corrected chi connectivity index (χ3v) is 2.14. The van der Waals surface area contributed by atoms with Crippen molar-refractivity contribution in [3.8, 4) is 0 Å². The van der Waals surface area contributed by atoms with Gasteiger partial charge in [-0.3, -0.25) is 0 Å². The lowest BCUT2D eigenvalue weighted by Gasteiger charge is -2.01. The van der Waals surface area contributed by atoms with Crippen LogP contribution in [0, 0.1) is 0 Å². The van der Waals surface area contributed by atoms with Crippen LogP contribution >= 0.6 is 30.1 Å². The molecule has 0 rings (SSSR count). The highest BCUT2D eigenvalue weighted by Gasteiger charge is 2.25. The first kappa shape index (κ1) is 8.87. The van der Waals surface area contributed by atoms with Gasteiger partial charge in [0.15, 0.2) is 0 Å². The van der Waals surface area contributed by atoms with Crippen molar-refractivity contribution in [2.75, 3.05) is 5.75 Å². The Bertz CT molecular complexity index is 62.0. The number of alkyl halides is 3. The quantitative estimate of drug-likeness (QED) is 0.684. The van der Waals surface area contributed by atoms with Crippen molar-refractivity contribution >= 4 is 30.1 Å². The van der Waals surface area contributed by atoms with Crippen molar-refractivity contribution in [3.63, 3.8) is 0 Å². The van der Waals surface area contributed by atoms with E-state index in [4.69, 9.17) is 0 Å². The molecule has 0 heterocycles. The molecule has 8 heavy (non-hydrogen) atoms. The van der Waals surface area contributed by atoms with E-state index in [2.05, 4.69) is 0 Å². The lowest BCUT2D eigenvalue weighted by atomic mass is 10.5. The first-order valence-electron chi connectivity index (χ1n) is 1.86. The Morgan fingerprint density at radius 3 is 2.00 bits per heavy atom. The monoisotopic (exact) mass is 256 g/mol. The topological polar surface area (TPSA) is 0 Å². The molecule has 0 spiro atoms. The van der Waals surface area contributed by atoms with Gasteiger partial charge in [0.05, 0.1) is 6.42 Å². The minimum atomic E-state index is -3.97. The van der Waals surface area contributed by atoms with Crippen LogP contribution in [0.4, 0.5) is 13.2 Å². The summed E-state index contributed by atoms with van der Waals surface area (Å²) in [6.45, 7) is 0. The standard InChI is InChI=1S/C3H4F3IS/c4-3(5,6)1-2-8-7/h1-2H2. The molecule has 0 aromatic carbocycles. The molecular weight excluding hydrogens is 252 g/mol. The highest BCUT2D eigenvalue weighted by Crippen LogP contribution is 2.24. The van der Waals surface area contributed by atoms with Gasteiger partial charge >= 0.3 is 6.18 Å². The zero-order valence-corrected chi connectivity index (χ0v) is 6.81. The summed E-state index contributed by atoms with van der Waals surface area (Å²) in [5.41, 5.74) is 0. The first-order chi connectivity index (χ1) is 3.56. The van der Waals surface area contributed by atoms with Gasteiger partial charge in [-0.05, 0) is 21.2 Å². The van der Waals surface area contributed by atoms with Crippen LogP contribution in [-0.4, -0.2) is 11.9 Å². The molecule has 0 atom stereocenters. The fourth-order valence-corrected chi connectivity index (χ4v) is 1.12. The van der Waals surface area contributed by atoms with Gasteiger partial charge in [0, 0.05) is 5.75 Å². The van der Waals surface area contributed by atoms with Crippen LogP contribution in [0.1, 0.15) is 6.42 Å². The minimum Gasteiger partial charge on any atom is -0.171 e. The summed E-state index contributed by atoms with van der Waals surface area (Å²) in [6.07, 6.45) is -4.65. The summed E-state index contributed by atoms with van der Waals surface area (Å²) in [5, 5.41) is 0. The maximum absolute atomic E-state index is 11.2. The Morgan fingerprint density at radius 2 is 1.88 bits per heavy atom. The lowest BCUT2D eigenvalue weighted by molar-refractivity contribution is -0.129. The van der Waals surface area contributed by atoms with Crippen LogP contribution in [0.5, 0.6) is 0 Å². The molecule has 0 fully saturated rings. The second-order valence-electron chi connectivity index (χ2n) is 1.18. The first-order valence-corrected chi connectivity index (χ1v) is 5.39. The Kier molecular flexibility index (Phi) is 4.23. The second-order valence-corrected chi connectivity index (χ2v) is 3.67. The summed E-state index contributed by atoms with van der Waals surface area (Å²) in [4.78, 5) is 0. The van der Waals surface area contributed by atoms with Gasteiger partial charge in [-0.1, -0.05) is 8.93 Å². The summed E-state index contributed by atoms with van der Waals surface area (Å²) in [7, 11) is 1.18. The molecule has 0 aliphatic rings. The van der Waals surface area contributed by atoms with Crippen LogP contribution in [0.3, 0.4) is 0 Å². The SMILES string of the molecule is FC(F)(F)CCSI. The van der Waals surface area contributed by atoms with Gasteiger partial charge in [0.25, 0.3) is 0 Å². The van der Waals surface area contributed by atoms with Crippen LogP contribution in [0.15, 0.2) is 0 Å². The highest BCUT2D eigenvalue weighted by molar-refractivity contribution is 14.2. The average Bonchev–Trinajstić information content (AvgIpc) is 1.59. The minimum absolute atomic E-state index is 0.157. The van der Waals surface area contributed by atoms with Crippen molar-refractivity contribution in [1.82, 2.24) is 0 Å².